The number of aromatic carboxylic acids is 1. The van der Waals surface area contributed by atoms with Crippen molar-refractivity contribution in [1.82, 2.24) is 4.98 Å². The molecule has 0 fully saturated rings. The first-order chi connectivity index (χ1) is 9.08. The third kappa shape index (κ3) is 3.26. The van der Waals surface area contributed by atoms with Crippen LogP contribution in [0.2, 0.25) is 0 Å². The number of aryl methyl sites for hydroxylation is 2. The van der Waals surface area contributed by atoms with E-state index >= 15 is 0 Å². The average molecular weight is 275 g/mol. The van der Waals surface area contributed by atoms with Gasteiger partial charge in [0.2, 0.25) is 0 Å². The van der Waals surface area contributed by atoms with Crippen molar-refractivity contribution in [2.24, 2.45) is 0 Å². The molecular weight excluding hydrogens is 262 g/mol. The molecule has 0 atom stereocenters. The molecule has 5 heteroatoms. The zero-order chi connectivity index (χ0) is 13.8. The van der Waals surface area contributed by atoms with Gasteiger partial charge in [0, 0.05) is 13.3 Å². The van der Waals surface area contributed by atoms with Crippen LogP contribution in [0.4, 0.5) is 0 Å². The minimum Gasteiger partial charge on any atom is -0.476 e. The fourth-order valence-electron chi connectivity index (χ4n) is 1.75. The Balaban J connectivity index is 2.15. The maximum absolute atomic E-state index is 11.4. The lowest BCUT2D eigenvalue weighted by molar-refractivity contribution is 0.0687. The summed E-state index contributed by atoms with van der Waals surface area (Å²) < 4.78 is 0. The Morgan fingerprint density at radius 1 is 1.21 bits per heavy atom. The molecule has 0 saturated heterocycles. The zero-order valence-corrected chi connectivity index (χ0v) is 11.2. The van der Waals surface area contributed by atoms with Crippen LogP contribution in [0.25, 0.3) is 0 Å². The molecule has 0 spiro atoms. The Morgan fingerprint density at radius 2 is 1.89 bits per heavy atom. The second-order valence-electron chi connectivity index (χ2n) is 4.13. The summed E-state index contributed by atoms with van der Waals surface area (Å²) in [6, 6.07) is 9.89. The molecule has 1 N–H and O–H groups in total. The van der Waals surface area contributed by atoms with Crippen molar-refractivity contribution >= 4 is 23.1 Å². The van der Waals surface area contributed by atoms with E-state index in [0.717, 1.165) is 6.42 Å². The van der Waals surface area contributed by atoms with Gasteiger partial charge in [0.05, 0.1) is 5.01 Å². The zero-order valence-electron chi connectivity index (χ0n) is 10.4. The number of carbonyl (C=O) groups is 2. The number of carboxylic acid groups (broad SMARTS) is 1. The summed E-state index contributed by atoms with van der Waals surface area (Å²) in [5.74, 6) is -1.40. The van der Waals surface area contributed by atoms with E-state index in [4.69, 9.17) is 5.11 Å². The maximum Gasteiger partial charge on any atom is 0.356 e. The van der Waals surface area contributed by atoms with Crippen LogP contribution in [0, 0.1) is 0 Å². The van der Waals surface area contributed by atoms with E-state index in [1.165, 1.54) is 23.8 Å². The van der Waals surface area contributed by atoms with Crippen LogP contribution in [0.15, 0.2) is 30.3 Å². The minimum atomic E-state index is -1.15. The second-order valence-corrected chi connectivity index (χ2v) is 5.22. The summed E-state index contributed by atoms with van der Waals surface area (Å²) in [6.45, 7) is 1.36. The van der Waals surface area contributed by atoms with Gasteiger partial charge in [0.15, 0.2) is 11.5 Å². The van der Waals surface area contributed by atoms with Crippen molar-refractivity contribution in [1.29, 1.82) is 0 Å². The first kappa shape index (κ1) is 13.4. The molecule has 0 saturated carbocycles. The molecule has 19 heavy (non-hydrogen) atoms. The van der Waals surface area contributed by atoms with Crippen LogP contribution >= 0.6 is 11.3 Å². The maximum atomic E-state index is 11.4. The van der Waals surface area contributed by atoms with Crippen LogP contribution in [0.5, 0.6) is 0 Å². The van der Waals surface area contributed by atoms with Gasteiger partial charge in [-0.15, -0.1) is 11.3 Å². The van der Waals surface area contributed by atoms with Gasteiger partial charge in [0.25, 0.3) is 0 Å². The van der Waals surface area contributed by atoms with Gasteiger partial charge in [-0.25, -0.2) is 9.78 Å². The van der Waals surface area contributed by atoms with E-state index in [9.17, 15) is 9.59 Å². The standard InChI is InChI=1S/C14H13NO3S/c1-9(16)13-12(14(17)18)15-11(19-13)8-7-10-5-3-2-4-6-10/h2-6H,7-8H2,1H3,(H,17,18). The fourth-order valence-corrected chi connectivity index (χ4v) is 2.70. The average Bonchev–Trinajstić information content (AvgIpc) is 2.82. The molecule has 2 aromatic rings. The number of benzene rings is 1. The molecule has 4 nitrogen and oxygen atoms in total. The Hall–Kier alpha value is -2.01. The highest BCUT2D eigenvalue weighted by molar-refractivity contribution is 7.14. The molecule has 0 radical (unpaired) electrons. The van der Waals surface area contributed by atoms with E-state index in [1.54, 1.807) is 0 Å². The molecular formula is C14H13NO3S. The van der Waals surface area contributed by atoms with E-state index in [2.05, 4.69) is 4.98 Å². The molecule has 1 aromatic carbocycles. The monoisotopic (exact) mass is 275 g/mol. The highest BCUT2D eigenvalue weighted by Gasteiger charge is 2.20. The number of nitrogens with zero attached hydrogens (tertiary/aromatic N) is 1. The third-order valence-corrected chi connectivity index (χ3v) is 3.88. The predicted octanol–water partition coefficient (Wildman–Crippen LogP) is 2.83. The Kier molecular flexibility index (Phi) is 4.06. The van der Waals surface area contributed by atoms with Gasteiger partial charge < -0.3 is 5.11 Å². The van der Waals surface area contributed by atoms with Crippen molar-refractivity contribution in [3.05, 3.63) is 51.5 Å². The molecule has 1 aromatic heterocycles. The van der Waals surface area contributed by atoms with Crippen LogP contribution in [-0.2, 0) is 12.8 Å². The normalized spacial score (nSPS) is 10.4. The molecule has 0 amide bonds. The van der Waals surface area contributed by atoms with E-state index < -0.39 is 5.97 Å². The lowest BCUT2D eigenvalue weighted by Crippen LogP contribution is -2.03. The Morgan fingerprint density at radius 3 is 2.42 bits per heavy atom. The topological polar surface area (TPSA) is 67.3 Å². The van der Waals surface area contributed by atoms with Gasteiger partial charge in [-0.1, -0.05) is 30.3 Å². The fraction of sp³-hybridized carbons (Fsp3) is 0.214. The summed E-state index contributed by atoms with van der Waals surface area (Å²) in [6.07, 6.45) is 1.42. The summed E-state index contributed by atoms with van der Waals surface area (Å²) in [7, 11) is 0. The van der Waals surface area contributed by atoms with Crippen molar-refractivity contribution < 1.29 is 14.7 Å². The molecule has 0 unspecified atom stereocenters. The summed E-state index contributed by atoms with van der Waals surface area (Å²) >= 11 is 1.17. The van der Waals surface area contributed by atoms with Gasteiger partial charge in [0.1, 0.15) is 4.88 Å². The van der Waals surface area contributed by atoms with E-state index in [-0.39, 0.29) is 16.4 Å². The molecule has 1 heterocycles. The van der Waals surface area contributed by atoms with Gasteiger partial charge in [-0.05, 0) is 12.0 Å². The quantitative estimate of drug-likeness (QED) is 0.852. The smallest absolute Gasteiger partial charge is 0.356 e. The SMILES string of the molecule is CC(=O)c1sc(CCc2ccccc2)nc1C(=O)O. The number of aromatic nitrogens is 1. The molecule has 0 bridgehead atoms. The summed E-state index contributed by atoms with van der Waals surface area (Å²) in [4.78, 5) is 26.6. The summed E-state index contributed by atoms with van der Waals surface area (Å²) in [5, 5.41) is 9.69. The van der Waals surface area contributed by atoms with Crippen molar-refractivity contribution in [3.63, 3.8) is 0 Å². The summed E-state index contributed by atoms with van der Waals surface area (Å²) in [5.41, 5.74) is 1.04. The van der Waals surface area contributed by atoms with Crippen molar-refractivity contribution in [2.45, 2.75) is 19.8 Å². The molecule has 0 aliphatic carbocycles. The lowest BCUT2D eigenvalue weighted by atomic mass is 10.1. The lowest BCUT2D eigenvalue weighted by Gasteiger charge is -1.97. The molecule has 2 rings (SSSR count). The van der Waals surface area contributed by atoms with Gasteiger partial charge in [-0.3, -0.25) is 4.79 Å². The molecule has 0 aliphatic rings. The van der Waals surface area contributed by atoms with Crippen molar-refractivity contribution in [3.8, 4) is 0 Å². The Bertz CT molecular complexity index is 573. The van der Waals surface area contributed by atoms with E-state index in [0.29, 0.717) is 11.4 Å². The van der Waals surface area contributed by atoms with Gasteiger partial charge >= 0.3 is 5.97 Å². The first-order valence-electron chi connectivity index (χ1n) is 5.86. The number of carboxylic acids is 1. The number of rotatable bonds is 5. The molecule has 98 valence electrons. The number of Topliss-reactive ketones (excluding diaryl/α,β-unsaturated/α-hetero) is 1. The predicted molar refractivity (Wildman–Crippen MR) is 72.9 cm³/mol. The van der Waals surface area contributed by atoms with Crippen LogP contribution in [0.1, 0.15) is 37.7 Å². The largest absolute Gasteiger partial charge is 0.476 e. The highest BCUT2D eigenvalue weighted by atomic mass is 32.1. The number of thiazole rings is 1. The number of hydrogen-bond acceptors (Lipinski definition) is 4. The molecule has 0 aliphatic heterocycles. The van der Waals surface area contributed by atoms with Crippen LogP contribution < -0.4 is 0 Å². The highest BCUT2D eigenvalue weighted by Crippen LogP contribution is 2.21. The van der Waals surface area contributed by atoms with E-state index in [1.807, 2.05) is 30.3 Å². The third-order valence-electron chi connectivity index (χ3n) is 2.66. The number of hydrogen-bond donors (Lipinski definition) is 1. The second kappa shape index (κ2) is 5.75. The van der Waals surface area contributed by atoms with Crippen molar-refractivity contribution in [2.75, 3.05) is 0 Å². The first-order valence-corrected chi connectivity index (χ1v) is 6.67. The Labute approximate surface area is 114 Å². The minimum absolute atomic E-state index is 0.124. The van der Waals surface area contributed by atoms with Crippen LogP contribution in [0.3, 0.4) is 0 Å². The van der Waals surface area contributed by atoms with Crippen LogP contribution in [-0.4, -0.2) is 21.8 Å². The number of ketones is 1. The number of carbonyl (C=O) groups excluding carboxylic acids is 1. The van der Waals surface area contributed by atoms with Gasteiger partial charge in [-0.2, -0.15) is 0 Å².